The summed E-state index contributed by atoms with van der Waals surface area (Å²) in [6.45, 7) is 0. The number of methoxy groups -OCH3 is 1. The van der Waals surface area contributed by atoms with Crippen LogP contribution in [0.25, 0.3) is 10.9 Å². The van der Waals surface area contributed by atoms with Crippen LogP contribution in [0, 0.1) is 0 Å². The monoisotopic (exact) mass is 275 g/mol. The Balaban J connectivity index is 2.83. The van der Waals surface area contributed by atoms with Crippen molar-refractivity contribution in [1.82, 2.24) is 4.98 Å². The zero-order chi connectivity index (χ0) is 11.7. The van der Waals surface area contributed by atoms with Crippen LogP contribution in [0.5, 0.6) is 5.75 Å². The second kappa shape index (κ2) is 4.66. The molecule has 5 heteroatoms. The summed E-state index contributed by atoms with van der Waals surface area (Å²) in [5, 5.41) is 1.73. The number of ether oxygens (including phenoxy) is 1. The van der Waals surface area contributed by atoms with E-state index in [2.05, 4.69) is 4.98 Å². The topological polar surface area (TPSA) is 22.1 Å². The number of benzene rings is 1. The normalized spacial score (nSPS) is 10.8. The third-order valence-corrected chi connectivity index (χ3v) is 3.21. The van der Waals surface area contributed by atoms with Crippen LogP contribution in [0.2, 0.25) is 10.2 Å². The molecule has 0 aliphatic heterocycles. The molecular weight excluding hydrogens is 268 g/mol. The van der Waals surface area contributed by atoms with E-state index in [1.165, 1.54) is 0 Å². The third-order valence-electron chi connectivity index (χ3n) is 2.29. The van der Waals surface area contributed by atoms with Gasteiger partial charge in [0.1, 0.15) is 10.9 Å². The lowest BCUT2D eigenvalue weighted by Gasteiger charge is -2.08. The Kier molecular flexibility index (Phi) is 3.43. The standard InChI is InChI=1S/C11H8Cl3NO/c1-16-9-3-2-8(13)10-7(9)4-6(5-12)11(14)15-10/h2-4H,5H2,1H3. The summed E-state index contributed by atoms with van der Waals surface area (Å²) >= 11 is 17.8. The Morgan fingerprint density at radius 1 is 1.31 bits per heavy atom. The van der Waals surface area contributed by atoms with E-state index in [-0.39, 0.29) is 0 Å². The van der Waals surface area contributed by atoms with Crippen molar-refractivity contribution in [2.24, 2.45) is 0 Å². The van der Waals surface area contributed by atoms with Crippen LogP contribution in [0.4, 0.5) is 0 Å². The molecule has 0 saturated heterocycles. The molecule has 0 atom stereocenters. The summed E-state index contributed by atoms with van der Waals surface area (Å²) < 4.78 is 5.24. The van der Waals surface area contributed by atoms with Crippen molar-refractivity contribution < 1.29 is 4.74 Å². The van der Waals surface area contributed by atoms with Gasteiger partial charge in [-0.2, -0.15) is 0 Å². The van der Waals surface area contributed by atoms with Crippen molar-refractivity contribution in [3.63, 3.8) is 0 Å². The smallest absolute Gasteiger partial charge is 0.134 e. The van der Waals surface area contributed by atoms with Gasteiger partial charge < -0.3 is 4.74 Å². The molecule has 84 valence electrons. The van der Waals surface area contributed by atoms with Gasteiger partial charge in [-0.15, -0.1) is 11.6 Å². The Morgan fingerprint density at radius 3 is 2.69 bits per heavy atom. The van der Waals surface area contributed by atoms with Gasteiger partial charge >= 0.3 is 0 Å². The fourth-order valence-corrected chi connectivity index (χ4v) is 2.18. The molecule has 0 amide bonds. The predicted octanol–water partition coefficient (Wildman–Crippen LogP) is 4.29. The average Bonchev–Trinajstić information content (AvgIpc) is 2.30. The molecule has 1 aromatic carbocycles. The second-order valence-corrected chi connectivity index (χ2v) is 4.25. The van der Waals surface area contributed by atoms with E-state index >= 15 is 0 Å². The lowest BCUT2D eigenvalue weighted by Crippen LogP contribution is -1.91. The van der Waals surface area contributed by atoms with Crippen molar-refractivity contribution >= 4 is 45.7 Å². The molecule has 0 saturated carbocycles. The molecule has 2 aromatic rings. The zero-order valence-corrected chi connectivity index (χ0v) is 10.7. The molecule has 16 heavy (non-hydrogen) atoms. The van der Waals surface area contributed by atoms with Crippen LogP contribution >= 0.6 is 34.8 Å². The van der Waals surface area contributed by atoms with Crippen LogP contribution in [-0.4, -0.2) is 12.1 Å². The highest BCUT2D eigenvalue weighted by Gasteiger charge is 2.10. The first-order chi connectivity index (χ1) is 7.67. The van der Waals surface area contributed by atoms with Gasteiger partial charge in [0, 0.05) is 10.9 Å². The maximum atomic E-state index is 6.04. The number of aromatic nitrogens is 1. The first-order valence-corrected chi connectivity index (χ1v) is 5.84. The Bertz CT molecular complexity index is 542. The molecule has 0 spiro atoms. The van der Waals surface area contributed by atoms with Crippen molar-refractivity contribution in [2.45, 2.75) is 5.88 Å². The van der Waals surface area contributed by atoms with E-state index in [4.69, 9.17) is 39.5 Å². The number of rotatable bonds is 2. The average molecular weight is 277 g/mol. The summed E-state index contributed by atoms with van der Waals surface area (Å²) in [5.41, 5.74) is 1.39. The van der Waals surface area contributed by atoms with Crippen LogP contribution in [0.3, 0.4) is 0 Å². The van der Waals surface area contributed by atoms with Gasteiger partial charge in [-0.3, -0.25) is 0 Å². The van der Waals surface area contributed by atoms with Crippen LogP contribution in [0.1, 0.15) is 5.56 Å². The number of nitrogens with zero attached hydrogens (tertiary/aromatic N) is 1. The highest BCUT2D eigenvalue weighted by atomic mass is 35.5. The van der Waals surface area contributed by atoms with E-state index < -0.39 is 0 Å². The van der Waals surface area contributed by atoms with E-state index in [1.54, 1.807) is 19.2 Å². The van der Waals surface area contributed by atoms with Crippen molar-refractivity contribution in [3.8, 4) is 5.75 Å². The minimum atomic E-state index is 0.303. The summed E-state index contributed by atoms with van der Waals surface area (Å²) in [5.74, 6) is 1.01. The van der Waals surface area contributed by atoms with E-state index in [1.807, 2.05) is 6.07 Å². The molecule has 0 radical (unpaired) electrons. The third kappa shape index (κ3) is 1.93. The van der Waals surface area contributed by atoms with Crippen molar-refractivity contribution in [3.05, 3.63) is 33.9 Å². The number of alkyl halides is 1. The number of hydrogen-bond donors (Lipinski definition) is 0. The Hall–Kier alpha value is -0.700. The molecular formula is C11H8Cl3NO. The fraction of sp³-hybridized carbons (Fsp3) is 0.182. The van der Waals surface area contributed by atoms with Crippen molar-refractivity contribution in [2.75, 3.05) is 7.11 Å². The summed E-state index contributed by atoms with van der Waals surface area (Å²) in [6.07, 6.45) is 0. The molecule has 2 nitrogen and oxygen atoms in total. The Morgan fingerprint density at radius 2 is 2.06 bits per heavy atom. The number of hydrogen-bond acceptors (Lipinski definition) is 2. The minimum Gasteiger partial charge on any atom is -0.496 e. The summed E-state index contributed by atoms with van der Waals surface area (Å²) in [6, 6.07) is 5.37. The molecule has 2 rings (SSSR count). The first-order valence-electron chi connectivity index (χ1n) is 4.55. The summed E-state index contributed by atoms with van der Waals surface area (Å²) in [7, 11) is 1.59. The number of halogens is 3. The lowest BCUT2D eigenvalue weighted by molar-refractivity contribution is 0.419. The molecule has 0 N–H and O–H groups in total. The van der Waals surface area contributed by atoms with Crippen LogP contribution in [0.15, 0.2) is 18.2 Å². The molecule has 0 bridgehead atoms. The molecule has 0 aliphatic carbocycles. The van der Waals surface area contributed by atoms with E-state index in [0.717, 1.165) is 10.9 Å². The van der Waals surface area contributed by atoms with Gasteiger partial charge in [-0.05, 0) is 18.2 Å². The van der Waals surface area contributed by atoms with Gasteiger partial charge in [0.2, 0.25) is 0 Å². The van der Waals surface area contributed by atoms with Gasteiger partial charge in [0.05, 0.1) is 23.5 Å². The van der Waals surface area contributed by atoms with E-state index in [0.29, 0.717) is 27.3 Å². The summed E-state index contributed by atoms with van der Waals surface area (Å²) in [4.78, 5) is 4.22. The van der Waals surface area contributed by atoms with Gasteiger partial charge in [0.25, 0.3) is 0 Å². The highest BCUT2D eigenvalue weighted by molar-refractivity contribution is 6.36. The lowest BCUT2D eigenvalue weighted by atomic mass is 10.1. The van der Waals surface area contributed by atoms with E-state index in [9.17, 15) is 0 Å². The maximum absolute atomic E-state index is 6.04. The quantitative estimate of drug-likeness (QED) is 0.603. The predicted molar refractivity (Wildman–Crippen MR) is 67.9 cm³/mol. The Labute approximate surface area is 108 Å². The minimum absolute atomic E-state index is 0.303. The zero-order valence-electron chi connectivity index (χ0n) is 8.43. The largest absolute Gasteiger partial charge is 0.496 e. The highest BCUT2D eigenvalue weighted by Crippen LogP contribution is 2.33. The number of fused-ring (bicyclic) bond motifs is 1. The molecule has 1 heterocycles. The van der Waals surface area contributed by atoms with Crippen molar-refractivity contribution in [1.29, 1.82) is 0 Å². The van der Waals surface area contributed by atoms with Gasteiger partial charge in [0.15, 0.2) is 0 Å². The number of pyridine rings is 1. The maximum Gasteiger partial charge on any atom is 0.134 e. The molecule has 0 unspecified atom stereocenters. The molecule has 0 aliphatic rings. The van der Waals surface area contributed by atoms with Gasteiger partial charge in [-0.25, -0.2) is 4.98 Å². The molecule has 0 fully saturated rings. The van der Waals surface area contributed by atoms with Crippen LogP contribution < -0.4 is 4.74 Å². The fourth-order valence-electron chi connectivity index (χ4n) is 1.49. The first kappa shape index (κ1) is 11.8. The molecule has 1 aromatic heterocycles. The van der Waals surface area contributed by atoms with Crippen LogP contribution in [-0.2, 0) is 5.88 Å². The van der Waals surface area contributed by atoms with Gasteiger partial charge in [-0.1, -0.05) is 23.2 Å². The second-order valence-electron chi connectivity index (χ2n) is 3.22. The SMILES string of the molecule is COc1ccc(Cl)c2nc(Cl)c(CCl)cc12.